The second kappa shape index (κ2) is 7.02. The molecule has 0 fully saturated rings. The van der Waals surface area contributed by atoms with Crippen molar-refractivity contribution in [1.82, 2.24) is 10.2 Å². The number of carbonyl (C=O) groups excluding carboxylic acids is 2. The molecular weight excluding hydrogens is 256 g/mol. The van der Waals surface area contributed by atoms with Gasteiger partial charge in [0.25, 0.3) is 0 Å². The molecule has 0 aliphatic carbocycles. The summed E-state index contributed by atoms with van der Waals surface area (Å²) in [5, 5.41) is 11.4. The first kappa shape index (κ1) is 14.5. The third-order valence-corrected chi connectivity index (χ3v) is 3.17. The normalized spacial score (nSPS) is 11.9. The molecular formula is C10H16N4O3S. The van der Waals surface area contributed by atoms with E-state index in [1.807, 2.05) is 0 Å². The molecule has 3 N–H and O–H groups in total. The average Bonchev–Trinajstić information content (AvgIpc) is 2.82. The van der Waals surface area contributed by atoms with E-state index < -0.39 is 0 Å². The second-order valence-corrected chi connectivity index (χ2v) is 4.77. The van der Waals surface area contributed by atoms with E-state index in [1.165, 1.54) is 18.4 Å². The van der Waals surface area contributed by atoms with Gasteiger partial charge in [0.15, 0.2) is 0 Å². The third kappa shape index (κ3) is 4.38. The number of carbonyl (C=O) groups is 2. The summed E-state index contributed by atoms with van der Waals surface area (Å²) in [7, 11) is 1.34. The fourth-order valence-electron chi connectivity index (χ4n) is 1.05. The van der Waals surface area contributed by atoms with E-state index in [0.717, 1.165) is 0 Å². The van der Waals surface area contributed by atoms with Crippen LogP contribution in [0.25, 0.3) is 0 Å². The SMILES string of the molecule is COC(=O)CCc1nnc(NC(=O)C(C)CN)s1. The summed E-state index contributed by atoms with van der Waals surface area (Å²) in [6.07, 6.45) is 0.699. The highest BCUT2D eigenvalue weighted by Crippen LogP contribution is 2.17. The van der Waals surface area contributed by atoms with E-state index in [9.17, 15) is 9.59 Å². The average molecular weight is 272 g/mol. The molecule has 1 aromatic heterocycles. The number of nitrogens with zero attached hydrogens (tertiary/aromatic N) is 2. The smallest absolute Gasteiger partial charge is 0.305 e. The highest BCUT2D eigenvalue weighted by Gasteiger charge is 2.14. The van der Waals surface area contributed by atoms with Crippen LogP contribution in [0.4, 0.5) is 5.13 Å². The van der Waals surface area contributed by atoms with Crippen molar-refractivity contribution < 1.29 is 14.3 Å². The molecule has 1 heterocycles. The summed E-state index contributed by atoms with van der Waals surface area (Å²) in [6, 6.07) is 0. The van der Waals surface area contributed by atoms with Crippen molar-refractivity contribution in [2.24, 2.45) is 11.7 Å². The van der Waals surface area contributed by atoms with Gasteiger partial charge in [-0.3, -0.25) is 9.59 Å². The van der Waals surface area contributed by atoms with Crippen LogP contribution in [-0.4, -0.2) is 35.7 Å². The molecule has 1 atom stereocenters. The topological polar surface area (TPSA) is 107 Å². The number of nitrogens with one attached hydrogen (secondary N) is 1. The molecule has 8 heteroatoms. The van der Waals surface area contributed by atoms with Crippen molar-refractivity contribution in [3.8, 4) is 0 Å². The summed E-state index contributed by atoms with van der Waals surface area (Å²) in [5.41, 5.74) is 5.38. The van der Waals surface area contributed by atoms with Crippen LogP contribution in [0.5, 0.6) is 0 Å². The van der Waals surface area contributed by atoms with Crippen LogP contribution in [0.2, 0.25) is 0 Å². The standard InChI is InChI=1S/C10H16N4O3S/c1-6(5-11)9(16)12-10-14-13-7(18-10)3-4-8(15)17-2/h6H,3-5,11H2,1-2H3,(H,12,14,16). The van der Waals surface area contributed by atoms with Gasteiger partial charge in [0.05, 0.1) is 13.5 Å². The molecule has 0 saturated carbocycles. The summed E-state index contributed by atoms with van der Waals surface area (Å²) in [5.74, 6) is -0.756. The molecule has 18 heavy (non-hydrogen) atoms. The first-order valence-corrected chi connectivity index (χ1v) is 6.28. The summed E-state index contributed by atoms with van der Waals surface area (Å²) in [6.45, 7) is 2.01. The maximum Gasteiger partial charge on any atom is 0.305 e. The Morgan fingerprint density at radius 1 is 1.50 bits per heavy atom. The Hall–Kier alpha value is -1.54. The summed E-state index contributed by atoms with van der Waals surface area (Å²) >= 11 is 1.24. The molecule has 0 radical (unpaired) electrons. The second-order valence-electron chi connectivity index (χ2n) is 3.70. The van der Waals surface area contributed by atoms with Crippen molar-refractivity contribution in [1.29, 1.82) is 0 Å². The number of aryl methyl sites for hydroxylation is 1. The van der Waals surface area contributed by atoms with Gasteiger partial charge in [-0.05, 0) is 0 Å². The molecule has 1 aromatic rings. The van der Waals surface area contributed by atoms with Gasteiger partial charge in [-0.25, -0.2) is 0 Å². The first-order valence-electron chi connectivity index (χ1n) is 5.47. The van der Waals surface area contributed by atoms with Crippen LogP contribution >= 0.6 is 11.3 Å². The zero-order valence-electron chi connectivity index (χ0n) is 10.3. The zero-order valence-corrected chi connectivity index (χ0v) is 11.1. The molecule has 1 rings (SSSR count). The Bertz CT molecular complexity index is 421. The van der Waals surface area contributed by atoms with Gasteiger partial charge in [-0.2, -0.15) is 0 Å². The molecule has 0 bridgehead atoms. The number of esters is 1. The van der Waals surface area contributed by atoms with Crippen molar-refractivity contribution in [2.45, 2.75) is 19.8 Å². The van der Waals surface area contributed by atoms with Crippen LogP contribution in [0.3, 0.4) is 0 Å². The van der Waals surface area contributed by atoms with Crippen LogP contribution in [0.1, 0.15) is 18.4 Å². The van der Waals surface area contributed by atoms with Crippen LogP contribution in [0, 0.1) is 5.92 Å². The molecule has 0 aromatic carbocycles. The van der Waals surface area contributed by atoms with Gasteiger partial charge in [-0.1, -0.05) is 18.3 Å². The molecule has 0 saturated heterocycles. The Kier molecular flexibility index (Phi) is 5.66. The van der Waals surface area contributed by atoms with Crippen LogP contribution < -0.4 is 11.1 Å². The molecule has 100 valence electrons. The van der Waals surface area contributed by atoms with Crippen molar-refractivity contribution in [3.05, 3.63) is 5.01 Å². The maximum atomic E-state index is 11.5. The number of methoxy groups -OCH3 is 1. The monoisotopic (exact) mass is 272 g/mol. The van der Waals surface area contributed by atoms with Gasteiger partial charge in [-0.15, -0.1) is 10.2 Å². The van der Waals surface area contributed by atoms with Gasteiger partial charge in [0.1, 0.15) is 5.01 Å². The minimum atomic E-state index is -0.299. The lowest BCUT2D eigenvalue weighted by Crippen LogP contribution is -2.26. The number of rotatable bonds is 6. The predicted octanol–water partition coefficient (Wildman–Crippen LogP) is 0.177. The van der Waals surface area contributed by atoms with Crippen LogP contribution in [0.15, 0.2) is 0 Å². The van der Waals surface area contributed by atoms with Crippen molar-refractivity contribution >= 4 is 28.3 Å². The zero-order chi connectivity index (χ0) is 13.5. The summed E-state index contributed by atoms with van der Waals surface area (Å²) in [4.78, 5) is 22.5. The van der Waals surface area contributed by atoms with E-state index in [4.69, 9.17) is 5.73 Å². The lowest BCUT2D eigenvalue weighted by Gasteiger charge is -2.05. The van der Waals surface area contributed by atoms with Gasteiger partial charge in [0, 0.05) is 18.9 Å². The number of hydrogen-bond acceptors (Lipinski definition) is 7. The molecule has 0 aliphatic rings. The number of amides is 1. The highest BCUT2D eigenvalue weighted by molar-refractivity contribution is 7.15. The largest absolute Gasteiger partial charge is 0.469 e. The summed E-state index contributed by atoms with van der Waals surface area (Å²) < 4.78 is 4.52. The quantitative estimate of drug-likeness (QED) is 0.715. The Morgan fingerprint density at radius 3 is 2.83 bits per heavy atom. The Balaban J connectivity index is 2.48. The lowest BCUT2D eigenvalue weighted by atomic mass is 10.2. The fourth-order valence-corrected chi connectivity index (χ4v) is 1.79. The van der Waals surface area contributed by atoms with E-state index in [1.54, 1.807) is 6.92 Å². The lowest BCUT2D eigenvalue weighted by molar-refractivity contribution is -0.140. The van der Waals surface area contributed by atoms with E-state index in [2.05, 4.69) is 20.3 Å². The number of anilines is 1. The van der Waals surface area contributed by atoms with Gasteiger partial charge in [0.2, 0.25) is 11.0 Å². The van der Waals surface area contributed by atoms with E-state index in [-0.39, 0.29) is 30.8 Å². The van der Waals surface area contributed by atoms with Crippen LogP contribution in [-0.2, 0) is 20.7 Å². The van der Waals surface area contributed by atoms with Gasteiger partial charge >= 0.3 is 5.97 Å². The number of nitrogens with two attached hydrogens (primary N) is 1. The van der Waals surface area contributed by atoms with E-state index in [0.29, 0.717) is 16.6 Å². The number of ether oxygens (including phenoxy) is 1. The number of hydrogen-bond donors (Lipinski definition) is 2. The van der Waals surface area contributed by atoms with Crippen molar-refractivity contribution in [3.63, 3.8) is 0 Å². The minimum absolute atomic E-state index is 0.187. The third-order valence-electron chi connectivity index (χ3n) is 2.27. The van der Waals surface area contributed by atoms with Gasteiger partial charge < -0.3 is 15.8 Å². The number of aromatic nitrogens is 2. The van der Waals surface area contributed by atoms with E-state index >= 15 is 0 Å². The maximum absolute atomic E-state index is 11.5. The first-order chi connectivity index (χ1) is 8.56. The van der Waals surface area contributed by atoms with Crippen molar-refractivity contribution in [2.75, 3.05) is 19.0 Å². The molecule has 1 amide bonds. The fraction of sp³-hybridized carbons (Fsp3) is 0.600. The molecule has 0 spiro atoms. The molecule has 7 nitrogen and oxygen atoms in total. The molecule has 0 aliphatic heterocycles. The minimum Gasteiger partial charge on any atom is -0.469 e. The molecule has 1 unspecified atom stereocenters. The Morgan fingerprint density at radius 2 is 2.22 bits per heavy atom. The predicted molar refractivity (Wildman–Crippen MR) is 67.1 cm³/mol. The highest BCUT2D eigenvalue weighted by atomic mass is 32.1. The Labute approximate surface area is 109 Å².